The number of ether oxygens (including phenoxy) is 1. The molecule has 0 bridgehead atoms. The number of carbonyl (C=O) groups excluding carboxylic acids is 1. The number of amides is 1. The van der Waals surface area contributed by atoms with Crippen LogP contribution in [-0.2, 0) is 10.0 Å². The molecule has 0 saturated carbocycles. The minimum Gasteiger partial charge on any atom is -0.496 e. The van der Waals surface area contributed by atoms with Gasteiger partial charge in [0.25, 0.3) is 15.9 Å². The van der Waals surface area contributed by atoms with Gasteiger partial charge >= 0.3 is 0 Å². The number of nitrogens with zero attached hydrogens (tertiary/aromatic N) is 1. The number of likely N-dealkylation sites (tertiary alicyclic amines) is 1. The van der Waals surface area contributed by atoms with Crippen LogP contribution in [0.5, 0.6) is 5.75 Å². The Morgan fingerprint density at radius 3 is 2.29 bits per heavy atom. The Labute approximate surface area is 207 Å². The Kier molecular flexibility index (Phi) is 7.73. The molecule has 3 aromatic carbocycles. The van der Waals surface area contributed by atoms with Crippen molar-refractivity contribution in [3.8, 4) is 5.75 Å². The second kappa shape index (κ2) is 10.9. The number of anilines is 1. The molecule has 1 aliphatic heterocycles. The van der Waals surface area contributed by atoms with E-state index in [4.69, 9.17) is 4.74 Å². The van der Waals surface area contributed by atoms with Crippen molar-refractivity contribution < 1.29 is 17.9 Å². The first kappa shape index (κ1) is 24.8. The van der Waals surface area contributed by atoms with E-state index in [2.05, 4.69) is 14.9 Å². The average Bonchev–Trinajstić information content (AvgIpc) is 3.40. The Hall–Kier alpha value is -3.36. The predicted octanol–water partition coefficient (Wildman–Crippen LogP) is 4.37. The minimum atomic E-state index is -3.75. The number of hydrogen-bond acceptors (Lipinski definition) is 5. The van der Waals surface area contributed by atoms with Gasteiger partial charge in [0.05, 0.1) is 18.0 Å². The first-order chi connectivity index (χ1) is 16.9. The van der Waals surface area contributed by atoms with Crippen LogP contribution >= 0.6 is 0 Å². The van der Waals surface area contributed by atoms with E-state index in [1.165, 1.54) is 24.3 Å². The quantitative estimate of drug-likeness (QED) is 0.462. The van der Waals surface area contributed by atoms with E-state index in [-0.39, 0.29) is 16.8 Å². The number of para-hydroxylation sites is 1. The van der Waals surface area contributed by atoms with Crippen molar-refractivity contribution in [1.29, 1.82) is 0 Å². The van der Waals surface area contributed by atoms with Gasteiger partial charge in [-0.3, -0.25) is 14.4 Å². The molecule has 1 aliphatic rings. The first-order valence-corrected chi connectivity index (χ1v) is 13.2. The zero-order chi connectivity index (χ0) is 24.8. The van der Waals surface area contributed by atoms with E-state index >= 15 is 0 Å². The summed E-state index contributed by atoms with van der Waals surface area (Å²) in [4.78, 5) is 15.4. The van der Waals surface area contributed by atoms with Crippen LogP contribution in [0.4, 0.5) is 5.69 Å². The molecule has 0 radical (unpaired) electrons. The van der Waals surface area contributed by atoms with E-state index in [0.717, 1.165) is 42.8 Å². The number of carbonyl (C=O) groups is 1. The fourth-order valence-electron chi connectivity index (χ4n) is 4.34. The molecule has 1 heterocycles. The van der Waals surface area contributed by atoms with E-state index in [1.807, 2.05) is 43.3 Å². The SMILES string of the molecule is COc1ccccc1[C@H](CNC(=O)c1ccc(S(=O)(=O)Nc2ccc(C)cc2)cc1)N1CCCC1. The van der Waals surface area contributed by atoms with Gasteiger partial charge in [-0.1, -0.05) is 35.9 Å². The summed E-state index contributed by atoms with van der Waals surface area (Å²) < 4.78 is 33.6. The van der Waals surface area contributed by atoms with Crippen LogP contribution in [0.3, 0.4) is 0 Å². The van der Waals surface area contributed by atoms with Crippen LogP contribution in [0.2, 0.25) is 0 Å². The Balaban J connectivity index is 1.44. The number of nitrogens with one attached hydrogen (secondary N) is 2. The van der Waals surface area contributed by atoms with Gasteiger partial charge in [0.15, 0.2) is 0 Å². The van der Waals surface area contributed by atoms with Gasteiger partial charge in [0.1, 0.15) is 5.75 Å². The van der Waals surface area contributed by atoms with Gasteiger partial charge in [-0.25, -0.2) is 8.42 Å². The maximum absolute atomic E-state index is 12.9. The first-order valence-electron chi connectivity index (χ1n) is 11.7. The molecule has 4 rings (SSSR count). The van der Waals surface area contributed by atoms with Gasteiger partial charge in [-0.05, 0) is 75.3 Å². The van der Waals surface area contributed by atoms with Gasteiger partial charge in [-0.15, -0.1) is 0 Å². The lowest BCUT2D eigenvalue weighted by atomic mass is 10.0. The maximum atomic E-state index is 12.9. The molecule has 1 atom stereocenters. The zero-order valence-corrected chi connectivity index (χ0v) is 20.8. The summed E-state index contributed by atoms with van der Waals surface area (Å²) in [5.41, 5.74) is 2.98. The number of methoxy groups -OCH3 is 1. The van der Waals surface area contributed by atoms with Crippen LogP contribution in [0, 0.1) is 6.92 Å². The van der Waals surface area contributed by atoms with Crippen molar-refractivity contribution in [2.75, 3.05) is 31.5 Å². The summed E-state index contributed by atoms with van der Waals surface area (Å²) in [6.07, 6.45) is 2.26. The Bertz CT molecular complexity index is 1250. The molecule has 2 N–H and O–H groups in total. The molecule has 1 fully saturated rings. The smallest absolute Gasteiger partial charge is 0.261 e. The van der Waals surface area contributed by atoms with Crippen molar-refractivity contribution in [3.05, 3.63) is 89.5 Å². The van der Waals surface area contributed by atoms with Gasteiger partial charge < -0.3 is 10.1 Å². The second-order valence-electron chi connectivity index (χ2n) is 8.71. The molecule has 184 valence electrons. The van der Waals surface area contributed by atoms with Crippen molar-refractivity contribution in [2.45, 2.75) is 30.7 Å². The summed E-state index contributed by atoms with van der Waals surface area (Å²) >= 11 is 0. The van der Waals surface area contributed by atoms with E-state index in [1.54, 1.807) is 19.2 Å². The van der Waals surface area contributed by atoms with Gasteiger partial charge in [0.2, 0.25) is 0 Å². The summed E-state index contributed by atoms with van der Waals surface area (Å²) in [6, 6.07) is 21.0. The third kappa shape index (κ3) is 6.01. The summed E-state index contributed by atoms with van der Waals surface area (Å²) in [6.45, 7) is 4.30. The monoisotopic (exact) mass is 493 g/mol. The summed E-state index contributed by atoms with van der Waals surface area (Å²) in [5.74, 6) is 0.550. The fraction of sp³-hybridized carbons (Fsp3) is 0.296. The third-order valence-corrected chi connectivity index (χ3v) is 7.66. The molecular formula is C27H31N3O4S. The van der Waals surface area contributed by atoms with Crippen molar-refractivity contribution in [3.63, 3.8) is 0 Å². The molecular weight excluding hydrogens is 462 g/mol. The molecule has 0 aliphatic carbocycles. The summed E-state index contributed by atoms with van der Waals surface area (Å²) in [5, 5.41) is 3.03. The van der Waals surface area contributed by atoms with Crippen LogP contribution in [-0.4, -0.2) is 46.0 Å². The number of benzene rings is 3. The highest BCUT2D eigenvalue weighted by Crippen LogP contribution is 2.31. The lowest BCUT2D eigenvalue weighted by molar-refractivity contribution is 0.0937. The standard InChI is InChI=1S/C27H31N3O4S/c1-20-9-13-22(14-10-20)29-35(32,33)23-15-11-21(12-16-23)27(31)28-19-25(30-17-5-6-18-30)24-7-3-4-8-26(24)34-2/h3-4,7-16,25,29H,5-6,17-19H2,1-2H3,(H,28,31)/t25-/m0/s1. The molecule has 0 spiro atoms. The lowest BCUT2D eigenvalue weighted by Gasteiger charge is -2.29. The lowest BCUT2D eigenvalue weighted by Crippen LogP contribution is -2.37. The highest BCUT2D eigenvalue weighted by atomic mass is 32.2. The van der Waals surface area contributed by atoms with Crippen molar-refractivity contribution >= 4 is 21.6 Å². The molecule has 1 saturated heterocycles. The normalized spacial score (nSPS) is 14.9. The Morgan fingerprint density at radius 2 is 1.63 bits per heavy atom. The largest absolute Gasteiger partial charge is 0.496 e. The zero-order valence-electron chi connectivity index (χ0n) is 20.0. The number of hydrogen-bond donors (Lipinski definition) is 2. The van der Waals surface area contributed by atoms with Crippen molar-refractivity contribution in [2.24, 2.45) is 0 Å². The van der Waals surface area contributed by atoms with E-state index in [0.29, 0.717) is 17.8 Å². The van der Waals surface area contributed by atoms with Gasteiger partial charge in [0, 0.05) is 23.4 Å². The van der Waals surface area contributed by atoms with Gasteiger partial charge in [-0.2, -0.15) is 0 Å². The predicted molar refractivity (Wildman–Crippen MR) is 137 cm³/mol. The maximum Gasteiger partial charge on any atom is 0.261 e. The second-order valence-corrected chi connectivity index (χ2v) is 10.4. The Morgan fingerprint density at radius 1 is 0.971 bits per heavy atom. The molecule has 0 aromatic heterocycles. The molecule has 8 heteroatoms. The summed E-state index contributed by atoms with van der Waals surface area (Å²) in [7, 11) is -2.10. The van der Waals surface area contributed by atoms with E-state index < -0.39 is 10.0 Å². The number of aryl methyl sites for hydroxylation is 1. The van der Waals surface area contributed by atoms with Crippen LogP contribution in [0.25, 0.3) is 0 Å². The highest BCUT2D eigenvalue weighted by Gasteiger charge is 2.26. The minimum absolute atomic E-state index is 0.00374. The molecule has 3 aromatic rings. The highest BCUT2D eigenvalue weighted by molar-refractivity contribution is 7.92. The van der Waals surface area contributed by atoms with E-state index in [9.17, 15) is 13.2 Å². The third-order valence-electron chi connectivity index (χ3n) is 6.27. The molecule has 7 nitrogen and oxygen atoms in total. The van der Waals surface area contributed by atoms with Crippen molar-refractivity contribution in [1.82, 2.24) is 10.2 Å². The number of sulfonamides is 1. The van der Waals surface area contributed by atoms with Crippen LogP contribution in [0.15, 0.2) is 77.7 Å². The average molecular weight is 494 g/mol. The van der Waals surface area contributed by atoms with Crippen LogP contribution < -0.4 is 14.8 Å². The molecule has 0 unspecified atom stereocenters. The fourth-order valence-corrected chi connectivity index (χ4v) is 5.40. The molecule has 1 amide bonds. The molecule has 35 heavy (non-hydrogen) atoms. The topological polar surface area (TPSA) is 87.7 Å². The van der Waals surface area contributed by atoms with Crippen LogP contribution in [0.1, 0.15) is 40.4 Å². The number of rotatable bonds is 9.